The molecule has 0 bridgehead atoms. The Kier molecular flexibility index (Phi) is 4.50. The van der Waals surface area contributed by atoms with E-state index in [1.807, 2.05) is 18.2 Å². The predicted octanol–water partition coefficient (Wildman–Crippen LogP) is 1.73. The minimum Gasteiger partial charge on any atom is -0.352 e. The van der Waals surface area contributed by atoms with E-state index >= 15 is 0 Å². The molecule has 3 rings (SSSR count). The fourth-order valence-corrected chi connectivity index (χ4v) is 2.89. The van der Waals surface area contributed by atoms with Crippen LogP contribution in [0, 0.1) is 0 Å². The smallest absolute Gasteiger partial charge is 0.332 e. The number of rotatable bonds is 5. The van der Waals surface area contributed by atoms with E-state index in [1.54, 1.807) is 23.8 Å². The molecular formula is C17H18ClN5O2. The summed E-state index contributed by atoms with van der Waals surface area (Å²) in [6.45, 7) is 4.50. The number of benzene rings is 1. The molecule has 0 aliphatic heterocycles. The molecule has 0 radical (unpaired) electrons. The van der Waals surface area contributed by atoms with Gasteiger partial charge in [-0.05, 0) is 11.6 Å². The standard InChI is InChI=1S/C17H18ClN5O2/c1-4-9-19-16-20-14-13(15(24)22(3)17(25)21(14)2)23(16)10-11-7-5-6-8-12(11)18/h4-8H,1,9-10H2,2-3H3,(H,19,20). The van der Waals surface area contributed by atoms with Crippen LogP contribution in [-0.4, -0.2) is 25.2 Å². The average molecular weight is 360 g/mol. The summed E-state index contributed by atoms with van der Waals surface area (Å²) in [6.07, 6.45) is 1.69. The Morgan fingerprint density at radius 2 is 1.96 bits per heavy atom. The molecule has 2 heterocycles. The van der Waals surface area contributed by atoms with Gasteiger partial charge >= 0.3 is 5.69 Å². The molecule has 1 aromatic carbocycles. The summed E-state index contributed by atoms with van der Waals surface area (Å²) < 4.78 is 4.17. The Hall–Kier alpha value is -2.80. The van der Waals surface area contributed by atoms with E-state index in [2.05, 4.69) is 16.9 Å². The van der Waals surface area contributed by atoms with Crippen LogP contribution < -0.4 is 16.6 Å². The molecule has 25 heavy (non-hydrogen) atoms. The van der Waals surface area contributed by atoms with Gasteiger partial charge in [-0.15, -0.1) is 6.58 Å². The topological polar surface area (TPSA) is 73.8 Å². The highest BCUT2D eigenvalue weighted by Crippen LogP contribution is 2.21. The number of aryl methyl sites for hydroxylation is 1. The fourth-order valence-electron chi connectivity index (χ4n) is 2.70. The summed E-state index contributed by atoms with van der Waals surface area (Å²) in [5.41, 5.74) is 0.697. The average Bonchev–Trinajstić information content (AvgIpc) is 2.96. The van der Waals surface area contributed by atoms with Crippen molar-refractivity contribution < 1.29 is 0 Å². The van der Waals surface area contributed by atoms with E-state index in [9.17, 15) is 9.59 Å². The zero-order chi connectivity index (χ0) is 18.1. The third kappa shape index (κ3) is 2.87. The van der Waals surface area contributed by atoms with Gasteiger partial charge in [-0.1, -0.05) is 35.9 Å². The summed E-state index contributed by atoms with van der Waals surface area (Å²) in [5.74, 6) is 0.480. The lowest BCUT2D eigenvalue weighted by molar-refractivity contribution is 0.702. The first-order valence-corrected chi connectivity index (χ1v) is 8.08. The number of anilines is 1. The van der Waals surface area contributed by atoms with Gasteiger partial charge in [0.05, 0.1) is 6.54 Å². The van der Waals surface area contributed by atoms with Crippen molar-refractivity contribution in [3.63, 3.8) is 0 Å². The number of hydrogen-bond donors (Lipinski definition) is 1. The molecule has 7 nitrogen and oxygen atoms in total. The maximum atomic E-state index is 12.7. The zero-order valence-corrected chi connectivity index (χ0v) is 14.7. The molecule has 0 spiro atoms. The van der Waals surface area contributed by atoms with Crippen LogP contribution >= 0.6 is 11.6 Å². The van der Waals surface area contributed by atoms with Crippen LogP contribution in [0.2, 0.25) is 5.02 Å². The molecule has 0 aliphatic rings. The minimum absolute atomic E-state index is 0.326. The van der Waals surface area contributed by atoms with Crippen LogP contribution in [0.25, 0.3) is 11.2 Å². The van der Waals surface area contributed by atoms with Crippen LogP contribution in [0.15, 0.2) is 46.5 Å². The Labute approximate surface area is 148 Å². The quantitative estimate of drug-likeness (QED) is 0.704. The molecule has 0 saturated carbocycles. The molecule has 0 fully saturated rings. The Balaban J connectivity index is 2.30. The van der Waals surface area contributed by atoms with Crippen molar-refractivity contribution in [1.82, 2.24) is 18.7 Å². The summed E-state index contributed by atoms with van der Waals surface area (Å²) in [7, 11) is 3.04. The van der Waals surface area contributed by atoms with Crippen molar-refractivity contribution in [1.29, 1.82) is 0 Å². The number of nitrogens with one attached hydrogen (secondary N) is 1. The monoisotopic (exact) mass is 359 g/mol. The second-order valence-corrected chi connectivity index (χ2v) is 6.07. The molecule has 3 aromatic rings. The first-order chi connectivity index (χ1) is 12.0. The lowest BCUT2D eigenvalue weighted by atomic mass is 10.2. The van der Waals surface area contributed by atoms with E-state index in [1.165, 1.54) is 11.6 Å². The maximum absolute atomic E-state index is 12.7. The van der Waals surface area contributed by atoms with Gasteiger partial charge in [-0.2, -0.15) is 4.98 Å². The fraction of sp³-hybridized carbons (Fsp3) is 0.235. The molecular weight excluding hydrogens is 342 g/mol. The van der Waals surface area contributed by atoms with Gasteiger partial charge < -0.3 is 5.32 Å². The van der Waals surface area contributed by atoms with Crippen molar-refractivity contribution in [3.05, 3.63) is 68.3 Å². The molecule has 0 saturated heterocycles. The van der Waals surface area contributed by atoms with Gasteiger partial charge in [-0.25, -0.2) is 4.79 Å². The molecule has 0 unspecified atom stereocenters. The number of nitrogens with zero attached hydrogens (tertiary/aromatic N) is 4. The highest BCUT2D eigenvalue weighted by Gasteiger charge is 2.19. The second-order valence-electron chi connectivity index (χ2n) is 5.66. The number of imidazole rings is 1. The molecule has 0 aliphatic carbocycles. The van der Waals surface area contributed by atoms with E-state index in [4.69, 9.17) is 11.6 Å². The summed E-state index contributed by atoms with van der Waals surface area (Å²) in [6, 6.07) is 7.40. The highest BCUT2D eigenvalue weighted by molar-refractivity contribution is 6.31. The molecule has 2 aromatic heterocycles. The lowest BCUT2D eigenvalue weighted by Crippen LogP contribution is -2.37. The van der Waals surface area contributed by atoms with Gasteiger partial charge in [0, 0.05) is 25.7 Å². The first kappa shape index (κ1) is 17.0. The van der Waals surface area contributed by atoms with Gasteiger partial charge in [0.15, 0.2) is 11.2 Å². The molecule has 130 valence electrons. The van der Waals surface area contributed by atoms with Crippen molar-refractivity contribution in [2.75, 3.05) is 11.9 Å². The van der Waals surface area contributed by atoms with E-state index in [0.717, 1.165) is 10.1 Å². The van der Waals surface area contributed by atoms with Crippen LogP contribution in [0.1, 0.15) is 5.56 Å². The van der Waals surface area contributed by atoms with Crippen LogP contribution in [0.5, 0.6) is 0 Å². The Morgan fingerprint density at radius 1 is 1.24 bits per heavy atom. The third-order valence-electron chi connectivity index (χ3n) is 4.04. The maximum Gasteiger partial charge on any atom is 0.332 e. The number of fused-ring (bicyclic) bond motifs is 1. The lowest BCUT2D eigenvalue weighted by Gasteiger charge is -2.11. The number of halogens is 1. The number of hydrogen-bond acceptors (Lipinski definition) is 4. The van der Waals surface area contributed by atoms with Crippen molar-refractivity contribution in [2.24, 2.45) is 14.1 Å². The van der Waals surface area contributed by atoms with Crippen LogP contribution in [0.4, 0.5) is 5.95 Å². The largest absolute Gasteiger partial charge is 0.352 e. The normalized spacial score (nSPS) is 11.0. The van der Waals surface area contributed by atoms with Crippen molar-refractivity contribution in [3.8, 4) is 0 Å². The molecule has 1 N–H and O–H groups in total. The molecule has 0 amide bonds. The van der Waals surface area contributed by atoms with Crippen LogP contribution in [0.3, 0.4) is 0 Å². The Bertz CT molecular complexity index is 1080. The van der Waals surface area contributed by atoms with Gasteiger partial charge in [0.2, 0.25) is 5.95 Å². The van der Waals surface area contributed by atoms with Gasteiger partial charge in [0.1, 0.15) is 0 Å². The summed E-state index contributed by atoms with van der Waals surface area (Å²) >= 11 is 6.27. The highest BCUT2D eigenvalue weighted by atomic mass is 35.5. The van der Waals surface area contributed by atoms with E-state index in [0.29, 0.717) is 35.2 Å². The van der Waals surface area contributed by atoms with E-state index in [-0.39, 0.29) is 0 Å². The predicted molar refractivity (Wildman–Crippen MR) is 99.5 cm³/mol. The first-order valence-electron chi connectivity index (χ1n) is 7.70. The van der Waals surface area contributed by atoms with Crippen molar-refractivity contribution >= 4 is 28.7 Å². The van der Waals surface area contributed by atoms with Gasteiger partial charge in [0.25, 0.3) is 5.56 Å². The van der Waals surface area contributed by atoms with Gasteiger partial charge in [-0.3, -0.25) is 18.5 Å². The SMILES string of the molecule is C=CCNc1nc2c(c(=O)n(C)c(=O)n2C)n1Cc1ccccc1Cl. The Morgan fingerprint density at radius 3 is 2.64 bits per heavy atom. The third-order valence-corrected chi connectivity index (χ3v) is 4.41. The summed E-state index contributed by atoms with van der Waals surface area (Å²) in [5, 5.41) is 3.71. The summed E-state index contributed by atoms with van der Waals surface area (Å²) in [4.78, 5) is 29.3. The molecule has 8 heteroatoms. The zero-order valence-electron chi connectivity index (χ0n) is 14.0. The minimum atomic E-state index is -0.421. The molecule has 0 atom stereocenters. The van der Waals surface area contributed by atoms with Crippen molar-refractivity contribution in [2.45, 2.75) is 6.54 Å². The van der Waals surface area contributed by atoms with Crippen LogP contribution in [-0.2, 0) is 20.6 Å². The number of aromatic nitrogens is 4. The second kappa shape index (κ2) is 6.60. The van der Waals surface area contributed by atoms with E-state index < -0.39 is 11.2 Å².